The molecule has 0 aromatic rings. The molecule has 0 radical (unpaired) electrons. The lowest BCUT2D eigenvalue weighted by Crippen LogP contribution is -2.31. The van der Waals surface area contributed by atoms with Gasteiger partial charge >= 0.3 is 0 Å². The molecular weight excluding hydrogens is 232 g/mol. The van der Waals surface area contributed by atoms with Gasteiger partial charge in [0.05, 0.1) is 0 Å². The van der Waals surface area contributed by atoms with Gasteiger partial charge in [0.2, 0.25) is 5.91 Å². The molecular formula is C13H26N2OS. The van der Waals surface area contributed by atoms with Crippen LogP contribution in [-0.2, 0) is 4.79 Å². The molecule has 0 aromatic carbocycles. The second kappa shape index (κ2) is 9.77. The summed E-state index contributed by atoms with van der Waals surface area (Å²) in [5.74, 6) is 2.15. The summed E-state index contributed by atoms with van der Waals surface area (Å²) in [5.41, 5.74) is 0. The minimum Gasteiger partial charge on any atom is -0.356 e. The van der Waals surface area contributed by atoms with Crippen molar-refractivity contribution in [2.75, 3.05) is 31.6 Å². The van der Waals surface area contributed by atoms with Gasteiger partial charge < -0.3 is 10.6 Å². The van der Waals surface area contributed by atoms with Crippen LogP contribution in [0, 0.1) is 5.92 Å². The molecule has 1 saturated heterocycles. The lowest BCUT2D eigenvalue weighted by Gasteiger charge is -2.22. The van der Waals surface area contributed by atoms with Crippen molar-refractivity contribution in [2.24, 2.45) is 5.92 Å². The van der Waals surface area contributed by atoms with Crippen LogP contribution in [0.4, 0.5) is 0 Å². The summed E-state index contributed by atoms with van der Waals surface area (Å²) >= 11 is 1.87. The van der Waals surface area contributed by atoms with Crippen molar-refractivity contribution in [3.05, 3.63) is 0 Å². The predicted octanol–water partition coefficient (Wildman–Crippen LogP) is 2.03. The Morgan fingerprint density at radius 1 is 1.47 bits per heavy atom. The highest BCUT2D eigenvalue weighted by Crippen LogP contribution is 2.15. The number of unbranched alkanes of at least 4 members (excludes halogenated alkanes) is 1. The van der Waals surface area contributed by atoms with E-state index in [1.165, 1.54) is 25.0 Å². The maximum absolute atomic E-state index is 11.6. The molecule has 1 unspecified atom stereocenters. The van der Waals surface area contributed by atoms with Crippen LogP contribution < -0.4 is 10.6 Å². The highest BCUT2D eigenvalue weighted by molar-refractivity contribution is 7.98. The highest BCUT2D eigenvalue weighted by atomic mass is 32.2. The van der Waals surface area contributed by atoms with E-state index in [4.69, 9.17) is 0 Å². The highest BCUT2D eigenvalue weighted by Gasteiger charge is 2.13. The number of nitrogens with one attached hydrogen (secondary N) is 2. The van der Waals surface area contributed by atoms with E-state index < -0.39 is 0 Å². The Morgan fingerprint density at radius 2 is 2.35 bits per heavy atom. The molecule has 0 aliphatic carbocycles. The number of thioether (sulfide) groups is 1. The van der Waals surface area contributed by atoms with Gasteiger partial charge in [0.1, 0.15) is 0 Å². The second-order valence-electron chi connectivity index (χ2n) is 4.80. The largest absolute Gasteiger partial charge is 0.356 e. The van der Waals surface area contributed by atoms with Gasteiger partial charge in [0.25, 0.3) is 0 Å². The van der Waals surface area contributed by atoms with Gasteiger partial charge in [0.15, 0.2) is 0 Å². The van der Waals surface area contributed by atoms with Crippen LogP contribution in [0.15, 0.2) is 0 Å². The summed E-state index contributed by atoms with van der Waals surface area (Å²) < 4.78 is 0. The molecule has 0 bridgehead atoms. The summed E-state index contributed by atoms with van der Waals surface area (Å²) in [7, 11) is 0. The monoisotopic (exact) mass is 258 g/mol. The number of carbonyl (C=O) groups excluding carboxylic acids is 1. The molecule has 1 aliphatic rings. The van der Waals surface area contributed by atoms with Crippen molar-refractivity contribution in [2.45, 2.75) is 38.5 Å². The van der Waals surface area contributed by atoms with E-state index in [0.717, 1.165) is 32.5 Å². The molecule has 0 aromatic heterocycles. The van der Waals surface area contributed by atoms with E-state index in [1.807, 2.05) is 11.8 Å². The van der Waals surface area contributed by atoms with Crippen molar-refractivity contribution in [1.29, 1.82) is 0 Å². The third-order valence-electron chi connectivity index (χ3n) is 3.28. The number of piperidine rings is 1. The van der Waals surface area contributed by atoms with Gasteiger partial charge in [-0.15, -0.1) is 0 Å². The van der Waals surface area contributed by atoms with E-state index in [1.54, 1.807) is 0 Å². The molecule has 0 saturated carbocycles. The zero-order valence-electron chi connectivity index (χ0n) is 11.0. The molecule has 17 heavy (non-hydrogen) atoms. The summed E-state index contributed by atoms with van der Waals surface area (Å²) in [6, 6.07) is 0. The van der Waals surface area contributed by atoms with Crippen molar-refractivity contribution in [3.8, 4) is 0 Å². The molecule has 1 atom stereocenters. The second-order valence-corrected chi connectivity index (χ2v) is 5.79. The normalized spacial score (nSPS) is 20.2. The standard InChI is InChI=1S/C13H26N2OS/c1-17-10-3-2-9-15-13(16)7-6-12-5-4-8-14-11-12/h12,14H,2-11H2,1H3,(H,15,16). The van der Waals surface area contributed by atoms with Crippen LogP contribution in [0.25, 0.3) is 0 Å². The first-order chi connectivity index (χ1) is 8.33. The minimum atomic E-state index is 0.236. The van der Waals surface area contributed by atoms with E-state index >= 15 is 0 Å². The SMILES string of the molecule is CSCCCCNC(=O)CCC1CCCNC1. The average molecular weight is 258 g/mol. The summed E-state index contributed by atoms with van der Waals surface area (Å²) in [6.07, 6.45) is 8.73. The number of hydrogen-bond donors (Lipinski definition) is 2. The van der Waals surface area contributed by atoms with E-state index in [-0.39, 0.29) is 5.91 Å². The Balaban J connectivity index is 1.93. The zero-order valence-corrected chi connectivity index (χ0v) is 11.8. The summed E-state index contributed by atoms with van der Waals surface area (Å²) in [5, 5.41) is 6.40. The van der Waals surface area contributed by atoms with Crippen molar-refractivity contribution in [1.82, 2.24) is 10.6 Å². The predicted molar refractivity (Wildman–Crippen MR) is 75.5 cm³/mol. The lowest BCUT2D eigenvalue weighted by atomic mass is 9.94. The zero-order chi connectivity index (χ0) is 12.3. The number of carbonyl (C=O) groups is 1. The van der Waals surface area contributed by atoms with Crippen molar-refractivity contribution in [3.63, 3.8) is 0 Å². The minimum absolute atomic E-state index is 0.236. The Labute approximate surface area is 109 Å². The van der Waals surface area contributed by atoms with Gasteiger partial charge in [0, 0.05) is 13.0 Å². The number of hydrogen-bond acceptors (Lipinski definition) is 3. The fraction of sp³-hybridized carbons (Fsp3) is 0.923. The van der Waals surface area contributed by atoms with E-state index in [2.05, 4.69) is 16.9 Å². The quantitative estimate of drug-likeness (QED) is 0.655. The molecule has 1 fully saturated rings. The van der Waals surface area contributed by atoms with Crippen LogP contribution in [0.2, 0.25) is 0 Å². The van der Waals surface area contributed by atoms with Gasteiger partial charge in [-0.3, -0.25) is 4.79 Å². The number of amides is 1. The smallest absolute Gasteiger partial charge is 0.220 e. The maximum Gasteiger partial charge on any atom is 0.220 e. The van der Waals surface area contributed by atoms with Crippen molar-refractivity contribution >= 4 is 17.7 Å². The Morgan fingerprint density at radius 3 is 3.06 bits per heavy atom. The molecule has 2 N–H and O–H groups in total. The fourth-order valence-electron chi connectivity index (χ4n) is 2.19. The van der Waals surface area contributed by atoms with E-state index in [9.17, 15) is 4.79 Å². The molecule has 1 amide bonds. The summed E-state index contributed by atoms with van der Waals surface area (Å²) in [4.78, 5) is 11.6. The third kappa shape index (κ3) is 7.66. The molecule has 3 nitrogen and oxygen atoms in total. The molecule has 1 heterocycles. The first-order valence-corrected chi connectivity index (χ1v) is 8.18. The van der Waals surface area contributed by atoms with Gasteiger partial charge in [-0.1, -0.05) is 0 Å². The maximum atomic E-state index is 11.6. The molecule has 100 valence electrons. The molecule has 1 aliphatic heterocycles. The van der Waals surface area contributed by atoms with Crippen LogP contribution in [-0.4, -0.2) is 37.6 Å². The van der Waals surface area contributed by atoms with Gasteiger partial charge in [-0.2, -0.15) is 11.8 Å². The van der Waals surface area contributed by atoms with Gasteiger partial charge in [-0.05, 0) is 63.1 Å². The van der Waals surface area contributed by atoms with E-state index in [0.29, 0.717) is 12.3 Å². The van der Waals surface area contributed by atoms with Crippen LogP contribution in [0.1, 0.15) is 38.5 Å². The van der Waals surface area contributed by atoms with Crippen LogP contribution in [0.5, 0.6) is 0 Å². The van der Waals surface area contributed by atoms with Crippen molar-refractivity contribution < 1.29 is 4.79 Å². The Hall–Kier alpha value is -0.220. The molecule has 0 spiro atoms. The Kier molecular flexibility index (Phi) is 8.53. The topological polar surface area (TPSA) is 41.1 Å². The average Bonchev–Trinajstić information content (AvgIpc) is 2.37. The first-order valence-electron chi connectivity index (χ1n) is 6.79. The van der Waals surface area contributed by atoms with Crippen LogP contribution >= 0.6 is 11.8 Å². The summed E-state index contributed by atoms with van der Waals surface area (Å²) in [6.45, 7) is 3.10. The fourth-order valence-corrected chi connectivity index (χ4v) is 2.69. The Bertz CT molecular complexity index is 206. The third-order valence-corrected chi connectivity index (χ3v) is 3.97. The molecule has 1 rings (SSSR count). The number of rotatable bonds is 8. The lowest BCUT2D eigenvalue weighted by molar-refractivity contribution is -0.121. The van der Waals surface area contributed by atoms with Crippen LogP contribution in [0.3, 0.4) is 0 Å². The van der Waals surface area contributed by atoms with Gasteiger partial charge in [-0.25, -0.2) is 0 Å². The first kappa shape index (κ1) is 14.8. The molecule has 4 heteroatoms.